The molecule has 1 aromatic rings. The van der Waals surface area contributed by atoms with Gasteiger partial charge in [-0.25, -0.2) is 4.98 Å². The molecule has 1 spiro atoms. The first kappa shape index (κ1) is 15.2. The summed E-state index contributed by atoms with van der Waals surface area (Å²) in [5.41, 5.74) is 0.0302. The number of ether oxygens (including phenoxy) is 2. The minimum absolute atomic E-state index is 0.0302. The lowest BCUT2D eigenvalue weighted by Gasteiger charge is -2.34. The summed E-state index contributed by atoms with van der Waals surface area (Å²) in [4.78, 5) is 15.9. The molecule has 1 amide bonds. The van der Waals surface area contributed by atoms with Gasteiger partial charge in [0, 0.05) is 25.6 Å². The van der Waals surface area contributed by atoms with Gasteiger partial charge in [0.05, 0.1) is 6.61 Å². The summed E-state index contributed by atoms with van der Waals surface area (Å²) in [7, 11) is 0. The topological polar surface area (TPSA) is 80.7 Å². The summed E-state index contributed by atoms with van der Waals surface area (Å²) >= 11 is 0. The third-order valence-corrected chi connectivity index (χ3v) is 4.44. The Morgan fingerprint density at radius 1 is 1.50 bits per heavy atom. The largest absolute Gasteiger partial charge is 0.505 e. The minimum Gasteiger partial charge on any atom is -0.505 e. The first-order chi connectivity index (χ1) is 10.6. The molecule has 0 aromatic carbocycles. The maximum atomic E-state index is 12.0. The van der Waals surface area contributed by atoms with Crippen molar-refractivity contribution in [2.45, 2.75) is 44.5 Å². The second-order valence-corrected chi connectivity index (χ2v) is 6.23. The Kier molecular flexibility index (Phi) is 4.31. The molecule has 6 heteroatoms. The number of hydrogen-bond donors (Lipinski definition) is 2. The standard InChI is InChI=1S/C16H22N2O4/c1-11-4-6-16(7-5-11)21-10-12(22-16)9-18-15(20)14-13(19)3-2-8-17-14/h2-3,8,11-12,19H,4-7,9-10H2,1H3,(H,18,20)/t11?,12-,16?/m1/s1. The van der Waals surface area contributed by atoms with Crippen LogP contribution in [0, 0.1) is 5.92 Å². The first-order valence-corrected chi connectivity index (χ1v) is 7.82. The van der Waals surface area contributed by atoms with Crippen molar-refractivity contribution in [3.05, 3.63) is 24.0 Å². The van der Waals surface area contributed by atoms with Crippen LogP contribution in [-0.4, -0.2) is 41.0 Å². The fraction of sp³-hybridized carbons (Fsp3) is 0.625. The molecule has 2 N–H and O–H groups in total. The molecule has 22 heavy (non-hydrogen) atoms. The van der Waals surface area contributed by atoms with Crippen LogP contribution in [0.25, 0.3) is 0 Å². The number of carbonyl (C=O) groups excluding carboxylic acids is 1. The fourth-order valence-electron chi connectivity index (χ4n) is 3.04. The molecule has 120 valence electrons. The lowest BCUT2D eigenvalue weighted by Crippen LogP contribution is -2.38. The number of aromatic hydroxyl groups is 1. The zero-order valence-corrected chi connectivity index (χ0v) is 12.7. The predicted molar refractivity (Wildman–Crippen MR) is 79.4 cm³/mol. The van der Waals surface area contributed by atoms with E-state index in [0.717, 1.165) is 31.6 Å². The summed E-state index contributed by atoms with van der Waals surface area (Å²) in [6.07, 6.45) is 5.38. The van der Waals surface area contributed by atoms with Crippen molar-refractivity contribution in [3.63, 3.8) is 0 Å². The van der Waals surface area contributed by atoms with Crippen LogP contribution in [-0.2, 0) is 9.47 Å². The molecule has 1 saturated heterocycles. The van der Waals surface area contributed by atoms with Crippen LogP contribution < -0.4 is 5.32 Å². The number of pyridine rings is 1. The van der Waals surface area contributed by atoms with Gasteiger partial charge in [-0.2, -0.15) is 0 Å². The Morgan fingerprint density at radius 2 is 2.27 bits per heavy atom. The Hall–Kier alpha value is -1.66. The highest BCUT2D eigenvalue weighted by atomic mass is 16.7. The van der Waals surface area contributed by atoms with Crippen molar-refractivity contribution in [3.8, 4) is 5.75 Å². The molecule has 3 rings (SSSR count). The van der Waals surface area contributed by atoms with E-state index in [2.05, 4.69) is 17.2 Å². The van der Waals surface area contributed by atoms with Crippen molar-refractivity contribution in [2.75, 3.05) is 13.2 Å². The van der Waals surface area contributed by atoms with Gasteiger partial charge in [0.15, 0.2) is 11.5 Å². The molecule has 1 atom stereocenters. The molecule has 0 radical (unpaired) electrons. The second kappa shape index (κ2) is 6.22. The van der Waals surface area contributed by atoms with E-state index in [4.69, 9.17) is 9.47 Å². The van der Waals surface area contributed by atoms with Gasteiger partial charge in [0.2, 0.25) is 0 Å². The Bertz CT molecular complexity index is 541. The molecule has 2 heterocycles. The third kappa shape index (κ3) is 3.23. The molecule has 0 bridgehead atoms. The molecule has 1 saturated carbocycles. The van der Waals surface area contributed by atoms with Gasteiger partial charge in [0.1, 0.15) is 11.9 Å². The zero-order valence-electron chi connectivity index (χ0n) is 12.7. The number of carbonyl (C=O) groups is 1. The van der Waals surface area contributed by atoms with E-state index in [1.807, 2.05) is 0 Å². The molecule has 1 aliphatic heterocycles. The van der Waals surface area contributed by atoms with Gasteiger partial charge in [-0.3, -0.25) is 4.79 Å². The number of nitrogens with zero attached hydrogens (tertiary/aromatic N) is 1. The quantitative estimate of drug-likeness (QED) is 0.890. The van der Waals surface area contributed by atoms with Crippen LogP contribution in [0.4, 0.5) is 0 Å². The van der Waals surface area contributed by atoms with Crippen LogP contribution in [0.2, 0.25) is 0 Å². The van der Waals surface area contributed by atoms with E-state index in [1.165, 1.54) is 12.3 Å². The summed E-state index contributed by atoms with van der Waals surface area (Å²) in [5.74, 6) is -0.250. The number of aromatic nitrogens is 1. The van der Waals surface area contributed by atoms with Crippen molar-refractivity contribution >= 4 is 5.91 Å². The number of nitrogens with one attached hydrogen (secondary N) is 1. The van der Waals surface area contributed by atoms with Gasteiger partial charge >= 0.3 is 0 Å². The van der Waals surface area contributed by atoms with Crippen LogP contribution >= 0.6 is 0 Å². The highest BCUT2D eigenvalue weighted by Crippen LogP contribution is 2.39. The molecule has 6 nitrogen and oxygen atoms in total. The average Bonchev–Trinajstić information content (AvgIpc) is 2.92. The van der Waals surface area contributed by atoms with Crippen molar-refractivity contribution < 1.29 is 19.4 Å². The van der Waals surface area contributed by atoms with Crippen LogP contribution in [0.15, 0.2) is 18.3 Å². The summed E-state index contributed by atoms with van der Waals surface area (Å²) < 4.78 is 11.9. The monoisotopic (exact) mass is 306 g/mol. The fourth-order valence-corrected chi connectivity index (χ4v) is 3.04. The van der Waals surface area contributed by atoms with Crippen molar-refractivity contribution in [1.82, 2.24) is 10.3 Å². The van der Waals surface area contributed by atoms with Crippen molar-refractivity contribution in [1.29, 1.82) is 0 Å². The van der Waals surface area contributed by atoms with E-state index in [9.17, 15) is 9.90 Å². The maximum absolute atomic E-state index is 12.0. The average molecular weight is 306 g/mol. The molecule has 2 aliphatic rings. The van der Waals surface area contributed by atoms with Gasteiger partial charge in [-0.1, -0.05) is 6.92 Å². The normalized spacial score (nSPS) is 31.3. The molecule has 0 unspecified atom stereocenters. The Labute approximate surface area is 129 Å². The smallest absolute Gasteiger partial charge is 0.273 e. The van der Waals surface area contributed by atoms with Crippen LogP contribution in [0.5, 0.6) is 5.75 Å². The molecular weight excluding hydrogens is 284 g/mol. The zero-order chi connectivity index (χ0) is 15.6. The highest BCUT2D eigenvalue weighted by Gasteiger charge is 2.43. The molecule has 2 fully saturated rings. The number of rotatable bonds is 3. The van der Waals surface area contributed by atoms with Gasteiger partial charge in [-0.15, -0.1) is 0 Å². The van der Waals surface area contributed by atoms with Gasteiger partial charge < -0.3 is 19.9 Å². The van der Waals surface area contributed by atoms with Gasteiger partial charge in [0.25, 0.3) is 5.91 Å². The van der Waals surface area contributed by atoms with Crippen LogP contribution in [0.1, 0.15) is 43.1 Å². The van der Waals surface area contributed by atoms with Crippen LogP contribution in [0.3, 0.4) is 0 Å². The Balaban J connectivity index is 1.51. The third-order valence-electron chi connectivity index (χ3n) is 4.44. The lowest BCUT2D eigenvalue weighted by atomic mass is 9.86. The van der Waals surface area contributed by atoms with E-state index < -0.39 is 11.7 Å². The maximum Gasteiger partial charge on any atom is 0.273 e. The first-order valence-electron chi connectivity index (χ1n) is 7.82. The minimum atomic E-state index is -0.449. The Morgan fingerprint density at radius 3 is 3.00 bits per heavy atom. The number of hydrogen-bond acceptors (Lipinski definition) is 5. The van der Waals surface area contributed by atoms with Crippen molar-refractivity contribution in [2.24, 2.45) is 5.92 Å². The number of amides is 1. The summed E-state index contributed by atoms with van der Waals surface area (Å²) in [5, 5.41) is 12.4. The van der Waals surface area contributed by atoms with Gasteiger partial charge in [-0.05, 0) is 30.9 Å². The second-order valence-electron chi connectivity index (χ2n) is 6.23. The van der Waals surface area contributed by atoms with E-state index in [-0.39, 0.29) is 17.5 Å². The SMILES string of the molecule is CC1CCC2(CC1)OC[C@@H](CNC(=O)c1ncccc1O)O2. The summed E-state index contributed by atoms with van der Waals surface area (Å²) in [6, 6.07) is 3.02. The molecule has 1 aliphatic carbocycles. The molecular formula is C16H22N2O4. The van der Waals surface area contributed by atoms with E-state index >= 15 is 0 Å². The molecule has 1 aromatic heterocycles. The van der Waals surface area contributed by atoms with E-state index in [1.54, 1.807) is 6.07 Å². The van der Waals surface area contributed by atoms with E-state index in [0.29, 0.717) is 13.2 Å². The summed E-state index contributed by atoms with van der Waals surface area (Å²) in [6.45, 7) is 3.09. The predicted octanol–water partition coefficient (Wildman–Crippen LogP) is 1.84. The highest BCUT2D eigenvalue weighted by molar-refractivity contribution is 5.94. The lowest BCUT2D eigenvalue weighted by molar-refractivity contribution is -0.191.